The van der Waals surface area contributed by atoms with Crippen LogP contribution in [-0.2, 0) is 13.1 Å². The molecule has 0 spiro atoms. The highest BCUT2D eigenvalue weighted by atomic mass is 16.5. The van der Waals surface area contributed by atoms with Gasteiger partial charge in [-0.25, -0.2) is 4.98 Å². The number of nitrogens with zero attached hydrogens (tertiary/aromatic N) is 2. The summed E-state index contributed by atoms with van der Waals surface area (Å²) >= 11 is 0. The molecule has 1 heterocycles. The van der Waals surface area contributed by atoms with Gasteiger partial charge >= 0.3 is 0 Å². The highest BCUT2D eigenvalue weighted by Crippen LogP contribution is 2.18. The Morgan fingerprint density at radius 3 is 2.66 bits per heavy atom. The summed E-state index contributed by atoms with van der Waals surface area (Å²) in [5.74, 6) is 2.19. The van der Waals surface area contributed by atoms with Crippen LogP contribution in [0.1, 0.15) is 28.2 Å². The molecule has 4 rings (SSSR count). The summed E-state index contributed by atoms with van der Waals surface area (Å²) in [6.07, 6.45) is 0.825. The molecule has 6 heteroatoms. The van der Waals surface area contributed by atoms with Gasteiger partial charge in [0.25, 0.3) is 5.91 Å². The van der Waals surface area contributed by atoms with E-state index in [1.807, 2.05) is 42.5 Å². The number of imidazole rings is 1. The first kappa shape index (κ1) is 21.4. The number of carbonyl (C=O) groups excluding carboxylic acids is 1. The van der Waals surface area contributed by atoms with Crippen LogP contribution in [0.3, 0.4) is 0 Å². The van der Waals surface area contributed by atoms with E-state index in [4.69, 9.17) is 14.5 Å². The van der Waals surface area contributed by atoms with Crippen molar-refractivity contribution in [3.8, 4) is 11.5 Å². The molecule has 0 unspecified atom stereocenters. The average Bonchev–Trinajstić information content (AvgIpc) is 3.18. The number of ether oxygens (including phenoxy) is 2. The molecule has 0 aliphatic rings. The van der Waals surface area contributed by atoms with Crippen molar-refractivity contribution in [2.24, 2.45) is 0 Å². The van der Waals surface area contributed by atoms with Gasteiger partial charge in [-0.2, -0.15) is 0 Å². The van der Waals surface area contributed by atoms with Crippen molar-refractivity contribution in [3.63, 3.8) is 0 Å². The molecule has 0 radical (unpaired) electrons. The molecule has 1 aromatic heterocycles. The molecule has 164 valence electrons. The van der Waals surface area contributed by atoms with Gasteiger partial charge < -0.3 is 19.4 Å². The Morgan fingerprint density at radius 1 is 1.00 bits per heavy atom. The molecule has 0 aliphatic heterocycles. The molecule has 1 N–H and O–H groups in total. The Bertz CT molecular complexity index is 1220. The van der Waals surface area contributed by atoms with Crippen LogP contribution in [0.25, 0.3) is 11.0 Å². The number of aryl methyl sites for hydroxylation is 2. The second-order valence-electron chi connectivity index (χ2n) is 7.60. The standard InChI is InChI=1S/C26H27N3O3/c1-19-8-5-11-22(16-19)32-15-7-14-29-24-13-4-3-12-23(24)28-25(29)18-27-26(30)20-9-6-10-21(17-20)31-2/h3-6,8-13,16-17H,7,14-15,18H2,1-2H3,(H,27,30). The molecule has 3 aromatic carbocycles. The van der Waals surface area contributed by atoms with E-state index in [-0.39, 0.29) is 5.91 Å². The van der Waals surface area contributed by atoms with Crippen molar-refractivity contribution < 1.29 is 14.3 Å². The molecule has 0 atom stereocenters. The van der Waals surface area contributed by atoms with Crippen LogP contribution in [0, 0.1) is 6.92 Å². The Hall–Kier alpha value is -3.80. The molecule has 6 nitrogen and oxygen atoms in total. The third-order valence-corrected chi connectivity index (χ3v) is 5.26. The summed E-state index contributed by atoms with van der Waals surface area (Å²) < 4.78 is 13.3. The summed E-state index contributed by atoms with van der Waals surface area (Å²) in [7, 11) is 1.59. The number of nitrogens with one attached hydrogen (secondary N) is 1. The minimum atomic E-state index is -0.162. The number of hydrogen-bond donors (Lipinski definition) is 1. The summed E-state index contributed by atoms with van der Waals surface area (Å²) in [6, 6.07) is 23.2. The van der Waals surface area contributed by atoms with Gasteiger partial charge in [-0.3, -0.25) is 4.79 Å². The number of benzene rings is 3. The van der Waals surface area contributed by atoms with Crippen molar-refractivity contribution in [2.45, 2.75) is 26.4 Å². The van der Waals surface area contributed by atoms with Gasteiger partial charge in [0.15, 0.2) is 0 Å². The number of para-hydroxylation sites is 2. The van der Waals surface area contributed by atoms with Gasteiger partial charge in [-0.05, 0) is 61.4 Å². The smallest absolute Gasteiger partial charge is 0.251 e. The van der Waals surface area contributed by atoms with Crippen molar-refractivity contribution in [3.05, 3.63) is 89.7 Å². The third kappa shape index (κ3) is 5.09. The number of fused-ring (bicyclic) bond motifs is 1. The summed E-state index contributed by atoms with van der Waals surface area (Å²) in [5, 5.41) is 2.98. The van der Waals surface area contributed by atoms with Gasteiger partial charge in [0.1, 0.15) is 17.3 Å². The molecule has 32 heavy (non-hydrogen) atoms. The lowest BCUT2D eigenvalue weighted by molar-refractivity contribution is 0.0949. The Morgan fingerprint density at radius 2 is 1.81 bits per heavy atom. The van der Waals surface area contributed by atoms with Crippen LogP contribution >= 0.6 is 0 Å². The topological polar surface area (TPSA) is 65.4 Å². The van der Waals surface area contributed by atoms with E-state index in [0.717, 1.165) is 35.6 Å². The SMILES string of the molecule is COc1cccc(C(=O)NCc2nc3ccccc3n2CCCOc2cccc(C)c2)c1. The molecule has 1 amide bonds. The monoisotopic (exact) mass is 429 g/mol. The van der Waals surface area contributed by atoms with Crippen LogP contribution in [-0.4, -0.2) is 29.2 Å². The Kier molecular flexibility index (Phi) is 6.70. The van der Waals surface area contributed by atoms with Crippen LogP contribution in [0.2, 0.25) is 0 Å². The number of methoxy groups -OCH3 is 1. The van der Waals surface area contributed by atoms with E-state index in [9.17, 15) is 4.79 Å². The minimum absolute atomic E-state index is 0.162. The molecule has 0 bridgehead atoms. The van der Waals surface area contributed by atoms with E-state index < -0.39 is 0 Å². The van der Waals surface area contributed by atoms with Crippen LogP contribution in [0.5, 0.6) is 11.5 Å². The first-order chi connectivity index (χ1) is 15.6. The fourth-order valence-corrected chi connectivity index (χ4v) is 3.65. The number of carbonyl (C=O) groups is 1. The molecule has 0 fully saturated rings. The fourth-order valence-electron chi connectivity index (χ4n) is 3.65. The van der Waals surface area contributed by atoms with Crippen LogP contribution in [0.15, 0.2) is 72.8 Å². The zero-order valence-corrected chi connectivity index (χ0v) is 18.4. The lowest BCUT2D eigenvalue weighted by Gasteiger charge is -2.12. The van der Waals surface area contributed by atoms with Gasteiger partial charge in [-0.15, -0.1) is 0 Å². The van der Waals surface area contributed by atoms with E-state index in [2.05, 4.69) is 28.9 Å². The highest BCUT2D eigenvalue weighted by Gasteiger charge is 2.13. The predicted octanol–water partition coefficient (Wildman–Crippen LogP) is 4.75. The summed E-state index contributed by atoms with van der Waals surface area (Å²) in [4.78, 5) is 17.4. The Labute approximate surface area is 187 Å². The van der Waals surface area contributed by atoms with Crippen LogP contribution in [0.4, 0.5) is 0 Å². The van der Waals surface area contributed by atoms with Gasteiger partial charge in [0.05, 0.1) is 31.3 Å². The average molecular weight is 430 g/mol. The second-order valence-corrected chi connectivity index (χ2v) is 7.60. The van der Waals surface area contributed by atoms with Gasteiger partial charge in [0, 0.05) is 12.1 Å². The fraction of sp³-hybridized carbons (Fsp3) is 0.231. The molecule has 0 aliphatic carbocycles. The highest BCUT2D eigenvalue weighted by molar-refractivity contribution is 5.94. The van der Waals surface area contributed by atoms with Crippen molar-refractivity contribution in [2.75, 3.05) is 13.7 Å². The first-order valence-electron chi connectivity index (χ1n) is 10.7. The number of amides is 1. The molecule has 0 saturated heterocycles. The quantitative estimate of drug-likeness (QED) is 0.390. The molecular formula is C26H27N3O3. The second kappa shape index (κ2) is 10.0. The number of hydrogen-bond acceptors (Lipinski definition) is 4. The lowest BCUT2D eigenvalue weighted by Crippen LogP contribution is -2.25. The third-order valence-electron chi connectivity index (χ3n) is 5.26. The maximum atomic E-state index is 12.6. The lowest BCUT2D eigenvalue weighted by atomic mass is 10.2. The van der Waals surface area contributed by atoms with Gasteiger partial charge in [0.2, 0.25) is 0 Å². The minimum Gasteiger partial charge on any atom is -0.497 e. The number of rotatable bonds is 9. The van der Waals surface area contributed by atoms with E-state index in [1.54, 1.807) is 25.3 Å². The van der Waals surface area contributed by atoms with Gasteiger partial charge in [-0.1, -0.05) is 30.3 Å². The zero-order valence-electron chi connectivity index (χ0n) is 18.4. The molecule has 0 saturated carbocycles. The number of aromatic nitrogens is 2. The van der Waals surface area contributed by atoms with E-state index in [1.165, 1.54) is 5.56 Å². The molecule has 4 aromatic rings. The maximum absolute atomic E-state index is 12.6. The normalized spacial score (nSPS) is 10.8. The summed E-state index contributed by atoms with van der Waals surface area (Å²) in [5.41, 5.74) is 3.70. The first-order valence-corrected chi connectivity index (χ1v) is 10.7. The van der Waals surface area contributed by atoms with Crippen LogP contribution < -0.4 is 14.8 Å². The van der Waals surface area contributed by atoms with E-state index >= 15 is 0 Å². The summed E-state index contributed by atoms with van der Waals surface area (Å²) in [6.45, 7) is 3.74. The maximum Gasteiger partial charge on any atom is 0.251 e. The zero-order chi connectivity index (χ0) is 22.3. The van der Waals surface area contributed by atoms with Crippen molar-refractivity contribution >= 4 is 16.9 Å². The van der Waals surface area contributed by atoms with Crippen molar-refractivity contribution in [1.82, 2.24) is 14.9 Å². The predicted molar refractivity (Wildman–Crippen MR) is 125 cm³/mol. The molecular weight excluding hydrogens is 402 g/mol. The van der Waals surface area contributed by atoms with E-state index in [0.29, 0.717) is 24.5 Å². The van der Waals surface area contributed by atoms with Crippen molar-refractivity contribution in [1.29, 1.82) is 0 Å². The Balaban J connectivity index is 1.43. The largest absolute Gasteiger partial charge is 0.497 e.